The second kappa shape index (κ2) is 7.41. The van der Waals surface area contributed by atoms with Crippen LogP contribution in [0.2, 0.25) is 0 Å². The van der Waals surface area contributed by atoms with Gasteiger partial charge in [-0.1, -0.05) is 12.1 Å². The number of rotatable bonds is 5. The number of carbonyl (C=O) groups is 1. The van der Waals surface area contributed by atoms with Gasteiger partial charge in [0.2, 0.25) is 5.91 Å². The van der Waals surface area contributed by atoms with Crippen molar-refractivity contribution in [2.24, 2.45) is 0 Å². The Morgan fingerprint density at radius 1 is 1.17 bits per heavy atom. The lowest BCUT2D eigenvalue weighted by atomic mass is 10.0. The van der Waals surface area contributed by atoms with E-state index in [0.717, 1.165) is 51.0 Å². The summed E-state index contributed by atoms with van der Waals surface area (Å²) in [6, 6.07) is 7.37. The Morgan fingerprint density at radius 2 is 1.87 bits per heavy atom. The predicted molar refractivity (Wildman–Crippen MR) is 88.7 cm³/mol. The van der Waals surface area contributed by atoms with Gasteiger partial charge >= 0.3 is 0 Å². The van der Waals surface area contributed by atoms with Crippen molar-refractivity contribution in [2.75, 3.05) is 33.2 Å². The van der Waals surface area contributed by atoms with Gasteiger partial charge in [-0.15, -0.1) is 0 Å². The molecule has 2 aliphatic rings. The van der Waals surface area contributed by atoms with Crippen LogP contribution in [0.25, 0.3) is 0 Å². The highest BCUT2D eigenvalue weighted by molar-refractivity contribution is 5.79. The van der Waals surface area contributed by atoms with Gasteiger partial charge in [0, 0.05) is 31.6 Å². The van der Waals surface area contributed by atoms with Gasteiger partial charge in [-0.3, -0.25) is 4.79 Å². The van der Waals surface area contributed by atoms with Crippen molar-refractivity contribution < 1.29 is 9.18 Å². The number of hydrogen-bond acceptors (Lipinski definition) is 3. The standard InChI is InChI=1S/C18H26FN3O/c1-21-9-7-16(8-10-21)20-17-12-18(23)22(13-17)11-6-14-2-4-15(19)5-3-14/h2-5,16-17,20H,6-13H2,1H3/t17-/m0/s1. The molecule has 1 aromatic rings. The number of amides is 1. The number of hydrogen-bond donors (Lipinski definition) is 1. The van der Waals surface area contributed by atoms with Crippen LogP contribution in [-0.4, -0.2) is 61.0 Å². The summed E-state index contributed by atoms with van der Waals surface area (Å²) in [6.07, 6.45) is 3.72. The van der Waals surface area contributed by atoms with E-state index in [1.807, 2.05) is 4.90 Å². The van der Waals surface area contributed by atoms with Gasteiger partial charge in [0.15, 0.2) is 0 Å². The first-order chi connectivity index (χ1) is 11.1. The quantitative estimate of drug-likeness (QED) is 0.896. The van der Waals surface area contributed by atoms with E-state index in [9.17, 15) is 9.18 Å². The van der Waals surface area contributed by atoms with E-state index < -0.39 is 0 Å². The SMILES string of the molecule is CN1CCC(N[C@H]2CC(=O)N(CCc3ccc(F)cc3)C2)CC1. The van der Waals surface area contributed by atoms with Crippen LogP contribution in [0.5, 0.6) is 0 Å². The average Bonchev–Trinajstić information content (AvgIpc) is 2.89. The van der Waals surface area contributed by atoms with Crippen LogP contribution < -0.4 is 5.32 Å². The summed E-state index contributed by atoms with van der Waals surface area (Å²) in [7, 11) is 2.16. The van der Waals surface area contributed by atoms with Crippen molar-refractivity contribution in [3.05, 3.63) is 35.6 Å². The molecule has 0 aliphatic carbocycles. The molecule has 23 heavy (non-hydrogen) atoms. The summed E-state index contributed by atoms with van der Waals surface area (Å²) in [5.41, 5.74) is 1.07. The zero-order valence-corrected chi connectivity index (χ0v) is 13.8. The van der Waals surface area contributed by atoms with Crippen molar-refractivity contribution in [1.82, 2.24) is 15.1 Å². The maximum absolute atomic E-state index is 12.9. The second-order valence-electron chi connectivity index (χ2n) is 6.86. The van der Waals surface area contributed by atoms with Crippen LogP contribution in [0.15, 0.2) is 24.3 Å². The molecule has 1 N–H and O–H groups in total. The third-order valence-corrected chi connectivity index (χ3v) is 4.99. The molecule has 0 saturated carbocycles. The lowest BCUT2D eigenvalue weighted by molar-refractivity contribution is -0.127. The van der Waals surface area contributed by atoms with E-state index in [1.165, 1.54) is 12.1 Å². The maximum Gasteiger partial charge on any atom is 0.224 e. The number of nitrogens with one attached hydrogen (secondary N) is 1. The Balaban J connectivity index is 1.44. The first kappa shape index (κ1) is 16.4. The summed E-state index contributed by atoms with van der Waals surface area (Å²) in [5.74, 6) is 0.0194. The van der Waals surface area contributed by atoms with E-state index in [-0.39, 0.29) is 17.8 Å². The molecule has 2 heterocycles. The zero-order valence-electron chi connectivity index (χ0n) is 13.8. The normalized spacial score (nSPS) is 23.7. The molecule has 0 aromatic heterocycles. The van der Waals surface area contributed by atoms with Crippen molar-refractivity contribution >= 4 is 5.91 Å². The molecule has 5 heteroatoms. The predicted octanol–water partition coefficient (Wildman–Crippen LogP) is 1.65. The topological polar surface area (TPSA) is 35.6 Å². The minimum absolute atomic E-state index is 0.214. The van der Waals surface area contributed by atoms with Gasteiger partial charge in [-0.2, -0.15) is 0 Å². The lowest BCUT2D eigenvalue weighted by Gasteiger charge is -2.31. The molecule has 126 valence electrons. The minimum Gasteiger partial charge on any atom is -0.341 e. The number of piperidine rings is 1. The summed E-state index contributed by atoms with van der Waals surface area (Å²) >= 11 is 0. The molecule has 0 radical (unpaired) electrons. The summed E-state index contributed by atoms with van der Waals surface area (Å²) in [5, 5.41) is 3.67. The van der Waals surface area contributed by atoms with Gasteiger partial charge in [-0.25, -0.2) is 4.39 Å². The van der Waals surface area contributed by atoms with Gasteiger partial charge in [0.05, 0.1) is 0 Å². The average molecular weight is 319 g/mol. The molecule has 0 bridgehead atoms. The highest BCUT2D eigenvalue weighted by Gasteiger charge is 2.31. The Bertz CT molecular complexity index is 526. The van der Waals surface area contributed by atoms with Crippen LogP contribution in [0.4, 0.5) is 4.39 Å². The Hall–Kier alpha value is -1.46. The zero-order chi connectivity index (χ0) is 16.2. The number of carbonyl (C=O) groups excluding carboxylic acids is 1. The molecular formula is C18H26FN3O. The van der Waals surface area contributed by atoms with E-state index in [1.54, 1.807) is 12.1 Å². The molecular weight excluding hydrogens is 293 g/mol. The largest absolute Gasteiger partial charge is 0.341 e. The highest BCUT2D eigenvalue weighted by atomic mass is 19.1. The molecule has 4 nitrogen and oxygen atoms in total. The molecule has 1 amide bonds. The monoisotopic (exact) mass is 319 g/mol. The third-order valence-electron chi connectivity index (χ3n) is 4.99. The third kappa shape index (κ3) is 4.52. The number of benzene rings is 1. The van der Waals surface area contributed by atoms with Gasteiger partial charge < -0.3 is 15.1 Å². The van der Waals surface area contributed by atoms with Crippen LogP contribution in [0, 0.1) is 5.82 Å². The molecule has 3 rings (SSSR count). The Kier molecular flexibility index (Phi) is 5.28. The molecule has 0 unspecified atom stereocenters. The van der Waals surface area contributed by atoms with Crippen LogP contribution in [0.1, 0.15) is 24.8 Å². The first-order valence-electron chi connectivity index (χ1n) is 8.57. The van der Waals surface area contributed by atoms with Crippen LogP contribution >= 0.6 is 0 Å². The minimum atomic E-state index is -0.214. The molecule has 2 fully saturated rings. The summed E-state index contributed by atoms with van der Waals surface area (Å²) in [6.45, 7) is 3.78. The fourth-order valence-electron chi connectivity index (χ4n) is 3.52. The fourth-order valence-corrected chi connectivity index (χ4v) is 3.52. The van der Waals surface area contributed by atoms with Crippen LogP contribution in [0.3, 0.4) is 0 Å². The van der Waals surface area contributed by atoms with E-state index in [4.69, 9.17) is 0 Å². The first-order valence-corrected chi connectivity index (χ1v) is 8.57. The van der Waals surface area contributed by atoms with Crippen LogP contribution in [-0.2, 0) is 11.2 Å². The Labute approximate surface area is 137 Å². The number of likely N-dealkylation sites (tertiary alicyclic amines) is 2. The second-order valence-corrected chi connectivity index (χ2v) is 6.86. The fraction of sp³-hybridized carbons (Fsp3) is 0.611. The van der Waals surface area contributed by atoms with Gasteiger partial charge in [-0.05, 0) is 57.1 Å². The Morgan fingerprint density at radius 3 is 2.57 bits per heavy atom. The van der Waals surface area contributed by atoms with E-state index >= 15 is 0 Å². The van der Waals surface area contributed by atoms with Gasteiger partial charge in [0.1, 0.15) is 5.82 Å². The smallest absolute Gasteiger partial charge is 0.224 e. The lowest BCUT2D eigenvalue weighted by Crippen LogP contribution is -2.46. The maximum atomic E-state index is 12.9. The van der Waals surface area contributed by atoms with Crippen molar-refractivity contribution in [2.45, 2.75) is 37.8 Å². The van der Waals surface area contributed by atoms with Crippen molar-refractivity contribution in [3.8, 4) is 0 Å². The molecule has 1 atom stereocenters. The summed E-state index contributed by atoms with van der Waals surface area (Å²) in [4.78, 5) is 16.5. The molecule has 1 aromatic carbocycles. The summed E-state index contributed by atoms with van der Waals surface area (Å²) < 4.78 is 12.9. The molecule has 0 spiro atoms. The highest BCUT2D eigenvalue weighted by Crippen LogP contribution is 2.16. The number of nitrogens with zero attached hydrogens (tertiary/aromatic N) is 2. The van der Waals surface area contributed by atoms with Crippen molar-refractivity contribution in [1.29, 1.82) is 0 Å². The van der Waals surface area contributed by atoms with Crippen molar-refractivity contribution in [3.63, 3.8) is 0 Å². The van der Waals surface area contributed by atoms with E-state index in [2.05, 4.69) is 17.3 Å². The molecule has 2 aliphatic heterocycles. The number of halogens is 1. The van der Waals surface area contributed by atoms with Gasteiger partial charge in [0.25, 0.3) is 0 Å². The van der Waals surface area contributed by atoms with E-state index in [0.29, 0.717) is 12.5 Å². The molecule has 2 saturated heterocycles.